The number of carbonyl (C=O) groups excluding carboxylic acids is 1. The molecule has 1 saturated heterocycles. The average Bonchev–Trinajstić information content (AvgIpc) is 2.82. The van der Waals surface area contributed by atoms with Gasteiger partial charge in [0.2, 0.25) is 0 Å². The third-order valence-corrected chi connectivity index (χ3v) is 3.97. The van der Waals surface area contributed by atoms with E-state index >= 15 is 0 Å². The zero-order chi connectivity index (χ0) is 14.3. The summed E-state index contributed by atoms with van der Waals surface area (Å²) in [7, 11) is 2.09. The van der Waals surface area contributed by atoms with Crippen molar-refractivity contribution >= 4 is 16.9 Å². The molecule has 2 aromatic rings. The van der Waals surface area contributed by atoms with E-state index in [1.54, 1.807) is 6.07 Å². The molecule has 2 heterocycles. The largest absolute Gasteiger partial charge is 0.365 e. The number of aromatic amines is 1. The number of halogens is 1. The summed E-state index contributed by atoms with van der Waals surface area (Å²) in [4.78, 5) is 21.3. The highest BCUT2D eigenvalue weighted by Crippen LogP contribution is 2.28. The molecule has 3 rings (SSSR count). The highest BCUT2D eigenvalue weighted by atomic mass is 19.1. The standard InChI is InChI=1S/C14H17FN4O/c1-19-6-4-8(5-7-19)14-17-10-3-2-9(15)11(13(16)20)12(10)18-14/h2-3,8H,4-7H2,1H3,(H2,16,20)(H,17,18). The molecule has 1 aromatic carbocycles. The van der Waals surface area contributed by atoms with E-state index in [1.165, 1.54) is 6.07 Å². The second-order valence-electron chi connectivity index (χ2n) is 5.38. The maximum Gasteiger partial charge on any atom is 0.253 e. The summed E-state index contributed by atoms with van der Waals surface area (Å²) in [6, 6.07) is 2.85. The number of piperidine rings is 1. The van der Waals surface area contributed by atoms with Gasteiger partial charge in [0.1, 0.15) is 22.7 Å². The van der Waals surface area contributed by atoms with E-state index in [0.29, 0.717) is 17.0 Å². The molecule has 3 N–H and O–H groups in total. The van der Waals surface area contributed by atoms with E-state index in [0.717, 1.165) is 31.8 Å². The number of likely N-dealkylation sites (tertiary alicyclic amines) is 1. The number of hydrogen-bond acceptors (Lipinski definition) is 3. The monoisotopic (exact) mass is 276 g/mol. The molecule has 0 atom stereocenters. The quantitative estimate of drug-likeness (QED) is 0.875. The maximum atomic E-state index is 13.7. The smallest absolute Gasteiger partial charge is 0.253 e. The number of hydrogen-bond donors (Lipinski definition) is 2. The number of aromatic nitrogens is 2. The van der Waals surface area contributed by atoms with Gasteiger partial charge in [-0.3, -0.25) is 4.79 Å². The van der Waals surface area contributed by atoms with E-state index in [4.69, 9.17) is 5.73 Å². The second kappa shape index (κ2) is 4.86. The number of nitrogens with zero attached hydrogens (tertiary/aromatic N) is 2. The summed E-state index contributed by atoms with van der Waals surface area (Å²) >= 11 is 0. The summed E-state index contributed by atoms with van der Waals surface area (Å²) in [6.07, 6.45) is 2.01. The molecular weight excluding hydrogens is 259 g/mol. The van der Waals surface area contributed by atoms with Crippen molar-refractivity contribution in [1.29, 1.82) is 0 Å². The van der Waals surface area contributed by atoms with Crippen LogP contribution in [0.15, 0.2) is 12.1 Å². The summed E-state index contributed by atoms with van der Waals surface area (Å²) in [5.41, 5.74) is 6.12. The van der Waals surface area contributed by atoms with Gasteiger partial charge in [0.05, 0.1) is 5.52 Å². The highest BCUT2D eigenvalue weighted by molar-refractivity contribution is 6.04. The first kappa shape index (κ1) is 13.1. The molecule has 5 nitrogen and oxygen atoms in total. The summed E-state index contributed by atoms with van der Waals surface area (Å²) in [5.74, 6) is -0.260. The maximum absolute atomic E-state index is 13.7. The fourth-order valence-electron chi connectivity index (χ4n) is 2.78. The Morgan fingerprint density at radius 3 is 2.80 bits per heavy atom. The number of amides is 1. The van der Waals surface area contributed by atoms with Crippen molar-refractivity contribution in [1.82, 2.24) is 14.9 Å². The van der Waals surface area contributed by atoms with Crippen LogP contribution < -0.4 is 5.73 Å². The molecule has 106 valence electrons. The Balaban J connectivity index is 2.02. The topological polar surface area (TPSA) is 75.0 Å². The second-order valence-corrected chi connectivity index (χ2v) is 5.38. The number of H-pyrrole nitrogens is 1. The molecule has 1 aromatic heterocycles. The van der Waals surface area contributed by atoms with Gasteiger partial charge >= 0.3 is 0 Å². The molecule has 1 amide bonds. The zero-order valence-corrected chi connectivity index (χ0v) is 11.3. The Morgan fingerprint density at radius 2 is 2.15 bits per heavy atom. The van der Waals surface area contributed by atoms with Gasteiger partial charge in [0, 0.05) is 5.92 Å². The highest BCUT2D eigenvalue weighted by Gasteiger charge is 2.23. The first-order chi connectivity index (χ1) is 9.56. The lowest BCUT2D eigenvalue weighted by Gasteiger charge is -2.27. The lowest BCUT2D eigenvalue weighted by Crippen LogP contribution is -2.29. The minimum atomic E-state index is -0.783. The van der Waals surface area contributed by atoms with Crippen LogP contribution in [0.3, 0.4) is 0 Å². The van der Waals surface area contributed by atoms with Gasteiger partial charge in [-0.05, 0) is 45.1 Å². The van der Waals surface area contributed by atoms with Gasteiger partial charge in [-0.2, -0.15) is 0 Å². The van der Waals surface area contributed by atoms with Crippen molar-refractivity contribution < 1.29 is 9.18 Å². The van der Waals surface area contributed by atoms with Crippen LogP contribution in [0.2, 0.25) is 0 Å². The van der Waals surface area contributed by atoms with Crippen LogP contribution in [0, 0.1) is 5.82 Å². The van der Waals surface area contributed by atoms with Crippen LogP contribution in [0.4, 0.5) is 4.39 Å². The van der Waals surface area contributed by atoms with Gasteiger partial charge in [-0.1, -0.05) is 0 Å². The predicted molar refractivity (Wildman–Crippen MR) is 74.0 cm³/mol. The van der Waals surface area contributed by atoms with E-state index in [2.05, 4.69) is 21.9 Å². The van der Waals surface area contributed by atoms with Gasteiger partial charge in [-0.15, -0.1) is 0 Å². The Hall–Kier alpha value is -1.95. The number of carbonyl (C=O) groups is 1. The predicted octanol–water partition coefficient (Wildman–Crippen LogP) is 1.61. The Labute approximate surface area is 116 Å². The summed E-state index contributed by atoms with van der Waals surface area (Å²) in [5, 5.41) is 0. The zero-order valence-electron chi connectivity index (χ0n) is 11.3. The first-order valence-corrected chi connectivity index (χ1v) is 6.72. The van der Waals surface area contributed by atoms with E-state index in [-0.39, 0.29) is 5.56 Å². The third kappa shape index (κ3) is 2.16. The van der Waals surface area contributed by atoms with Crippen LogP contribution in [-0.2, 0) is 0 Å². The SMILES string of the molecule is CN1CCC(c2nc3c(C(N)=O)c(F)ccc3[nH]2)CC1. The number of fused-ring (bicyclic) bond motifs is 1. The normalized spacial score (nSPS) is 17.7. The van der Waals surface area contributed by atoms with Crippen molar-refractivity contribution in [3.63, 3.8) is 0 Å². The molecule has 0 aliphatic carbocycles. The fraction of sp³-hybridized carbons (Fsp3) is 0.429. The van der Waals surface area contributed by atoms with Crippen LogP contribution >= 0.6 is 0 Å². The van der Waals surface area contributed by atoms with E-state index < -0.39 is 11.7 Å². The van der Waals surface area contributed by atoms with Crippen LogP contribution in [0.25, 0.3) is 11.0 Å². The lowest BCUT2D eigenvalue weighted by atomic mass is 9.97. The lowest BCUT2D eigenvalue weighted by molar-refractivity contribution is 0.0998. The van der Waals surface area contributed by atoms with Crippen LogP contribution in [-0.4, -0.2) is 40.9 Å². The number of imidazole rings is 1. The van der Waals surface area contributed by atoms with Gasteiger partial charge in [-0.25, -0.2) is 9.37 Å². The molecule has 0 radical (unpaired) electrons. The summed E-state index contributed by atoms with van der Waals surface area (Å²) in [6.45, 7) is 2.03. The molecule has 1 fully saturated rings. The first-order valence-electron chi connectivity index (χ1n) is 6.72. The Bertz CT molecular complexity index is 658. The molecular formula is C14H17FN4O. The van der Waals surface area contributed by atoms with Crippen LogP contribution in [0.5, 0.6) is 0 Å². The number of benzene rings is 1. The molecule has 0 saturated carbocycles. The number of rotatable bonds is 2. The van der Waals surface area contributed by atoms with Gasteiger partial charge < -0.3 is 15.6 Å². The number of primary amides is 1. The summed E-state index contributed by atoms with van der Waals surface area (Å²) < 4.78 is 13.7. The minimum absolute atomic E-state index is 0.127. The molecule has 0 unspecified atom stereocenters. The minimum Gasteiger partial charge on any atom is -0.365 e. The van der Waals surface area contributed by atoms with Crippen molar-refractivity contribution in [3.05, 3.63) is 29.3 Å². The molecule has 1 aliphatic rings. The molecule has 1 aliphatic heterocycles. The number of nitrogens with two attached hydrogens (primary N) is 1. The average molecular weight is 276 g/mol. The molecule has 20 heavy (non-hydrogen) atoms. The van der Waals surface area contributed by atoms with Crippen molar-refractivity contribution in [2.24, 2.45) is 5.73 Å². The molecule has 0 spiro atoms. The fourth-order valence-corrected chi connectivity index (χ4v) is 2.78. The molecule has 0 bridgehead atoms. The molecule has 6 heteroatoms. The van der Waals surface area contributed by atoms with Crippen molar-refractivity contribution in [2.45, 2.75) is 18.8 Å². The Kier molecular flexibility index (Phi) is 3.17. The van der Waals surface area contributed by atoms with Crippen molar-refractivity contribution in [2.75, 3.05) is 20.1 Å². The van der Waals surface area contributed by atoms with Gasteiger partial charge in [0.25, 0.3) is 5.91 Å². The van der Waals surface area contributed by atoms with E-state index in [9.17, 15) is 9.18 Å². The Morgan fingerprint density at radius 1 is 1.45 bits per heavy atom. The van der Waals surface area contributed by atoms with Gasteiger partial charge in [0.15, 0.2) is 0 Å². The van der Waals surface area contributed by atoms with Crippen molar-refractivity contribution in [3.8, 4) is 0 Å². The third-order valence-electron chi connectivity index (χ3n) is 3.97. The van der Waals surface area contributed by atoms with Crippen LogP contribution in [0.1, 0.15) is 34.9 Å². The number of nitrogens with one attached hydrogen (secondary N) is 1. The van der Waals surface area contributed by atoms with E-state index in [1.807, 2.05) is 0 Å².